The van der Waals surface area contributed by atoms with Gasteiger partial charge >= 0.3 is 0 Å². The van der Waals surface area contributed by atoms with E-state index in [2.05, 4.69) is 40.4 Å². The van der Waals surface area contributed by atoms with E-state index in [-0.39, 0.29) is 35.6 Å². The molecule has 1 fully saturated rings. The molecule has 0 bridgehead atoms. The van der Waals surface area contributed by atoms with Crippen LogP contribution in [0.4, 0.5) is 0 Å². The van der Waals surface area contributed by atoms with E-state index in [0.29, 0.717) is 13.1 Å². The molecule has 1 saturated heterocycles. The molecule has 0 radical (unpaired) electrons. The van der Waals surface area contributed by atoms with Crippen LogP contribution in [0.15, 0.2) is 29.3 Å². The minimum atomic E-state index is -0.198. The molecule has 0 spiro atoms. The van der Waals surface area contributed by atoms with Gasteiger partial charge in [-0.15, -0.1) is 24.0 Å². The molecule has 166 valence electrons. The van der Waals surface area contributed by atoms with E-state index >= 15 is 0 Å². The normalized spacial score (nSPS) is 17.5. The zero-order valence-corrected chi connectivity index (χ0v) is 21.1. The molecule has 8 heteroatoms. The van der Waals surface area contributed by atoms with Crippen LogP contribution >= 0.6 is 35.6 Å². The summed E-state index contributed by atoms with van der Waals surface area (Å²) in [4.78, 5) is 6.79. The third-order valence-corrected chi connectivity index (χ3v) is 5.96. The fraction of sp³-hybridized carbons (Fsp3) is 0.667. The predicted molar refractivity (Wildman–Crippen MR) is 132 cm³/mol. The molecule has 1 aromatic carbocycles. The first-order valence-corrected chi connectivity index (χ1v) is 10.5. The number of hydrogen-bond acceptors (Lipinski definition) is 4. The average molecular weight is 539 g/mol. The number of methoxy groups -OCH3 is 1. The van der Waals surface area contributed by atoms with Crippen LogP contribution in [0.25, 0.3) is 0 Å². The summed E-state index contributed by atoms with van der Waals surface area (Å²) in [7, 11) is 3.57. The van der Waals surface area contributed by atoms with Gasteiger partial charge in [0.1, 0.15) is 0 Å². The summed E-state index contributed by atoms with van der Waals surface area (Å²) in [6, 6.07) is 8.23. The number of rotatable bonds is 9. The second-order valence-electron chi connectivity index (χ2n) is 7.06. The van der Waals surface area contributed by atoms with Gasteiger partial charge in [0, 0.05) is 58.3 Å². The summed E-state index contributed by atoms with van der Waals surface area (Å²) >= 11 is 6.50. The Labute approximate surface area is 197 Å². The van der Waals surface area contributed by atoms with E-state index in [1.54, 1.807) is 14.2 Å². The lowest BCUT2D eigenvalue weighted by Gasteiger charge is -2.36. The standard InChI is InChI=1S/C21H35ClN4O2.HI/c1-5-26(6-2)19(17-9-7-8-10-18(17)22)15-24-20(23-3)25-16-21(27-4)11-13-28-14-12-21;/h7-10,19H,5-6,11-16H2,1-4H3,(H2,23,24,25);1H. The lowest BCUT2D eigenvalue weighted by atomic mass is 9.94. The van der Waals surface area contributed by atoms with E-state index in [0.717, 1.165) is 55.7 Å². The van der Waals surface area contributed by atoms with Crippen molar-refractivity contribution in [1.29, 1.82) is 0 Å². The molecular formula is C21H36ClIN4O2. The summed E-state index contributed by atoms with van der Waals surface area (Å²) in [6.07, 6.45) is 1.77. The van der Waals surface area contributed by atoms with Crippen LogP contribution in [0.5, 0.6) is 0 Å². The van der Waals surface area contributed by atoms with Crippen molar-refractivity contribution < 1.29 is 9.47 Å². The fourth-order valence-electron chi connectivity index (χ4n) is 3.70. The smallest absolute Gasteiger partial charge is 0.191 e. The zero-order chi connectivity index (χ0) is 20.4. The van der Waals surface area contributed by atoms with Crippen LogP contribution in [0.1, 0.15) is 38.3 Å². The molecule has 0 aliphatic carbocycles. The number of benzene rings is 1. The van der Waals surface area contributed by atoms with Crippen molar-refractivity contribution >= 4 is 41.5 Å². The molecule has 2 N–H and O–H groups in total. The molecule has 0 saturated carbocycles. The molecule has 1 atom stereocenters. The van der Waals surface area contributed by atoms with E-state index in [1.807, 2.05) is 18.2 Å². The Morgan fingerprint density at radius 2 is 1.90 bits per heavy atom. The second kappa shape index (κ2) is 13.6. The van der Waals surface area contributed by atoms with Gasteiger partial charge in [0.25, 0.3) is 0 Å². The maximum absolute atomic E-state index is 6.50. The molecule has 1 aliphatic heterocycles. The van der Waals surface area contributed by atoms with Crippen molar-refractivity contribution in [3.8, 4) is 0 Å². The quantitative estimate of drug-likeness (QED) is 0.285. The third kappa shape index (κ3) is 7.54. The van der Waals surface area contributed by atoms with E-state index < -0.39 is 0 Å². The zero-order valence-electron chi connectivity index (χ0n) is 18.0. The van der Waals surface area contributed by atoms with Crippen LogP contribution < -0.4 is 10.6 Å². The topological polar surface area (TPSA) is 58.1 Å². The Kier molecular flexibility index (Phi) is 12.4. The number of guanidine groups is 1. The molecule has 0 aromatic heterocycles. The summed E-state index contributed by atoms with van der Waals surface area (Å²) < 4.78 is 11.3. The monoisotopic (exact) mass is 538 g/mol. The molecular weight excluding hydrogens is 503 g/mol. The molecule has 6 nitrogen and oxygen atoms in total. The number of ether oxygens (including phenoxy) is 2. The van der Waals surface area contributed by atoms with Gasteiger partial charge in [-0.25, -0.2) is 0 Å². The second-order valence-corrected chi connectivity index (χ2v) is 7.47. The molecule has 2 rings (SSSR count). The maximum atomic E-state index is 6.50. The van der Waals surface area contributed by atoms with E-state index in [1.165, 1.54) is 0 Å². The third-order valence-electron chi connectivity index (χ3n) is 5.62. The SMILES string of the molecule is CCN(CC)C(CNC(=NC)NCC1(OC)CCOCC1)c1ccccc1Cl.I. The first kappa shape index (κ1) is 26.4. The largest absolute Gasteiger partial charge is 0.381 e. The fourth-order valence-corrected chi connectivity index (χ4v) is 3.96. The van der Waals surface area contributed by atoms with Crippen molar-refractivity contribution in [3.63, 3.8) is 0 Å². The molecule has 1 aliphatic rings. The first-order valence-electron chi connectivity index (χ1n) is 10.1. The predicted octanol–water partition coefficient (Wildman–Crippen LogP) is 3.70. The van der Waals surface area contributed by atoms with Crippen LogP contribution in [0.2, 0.25) is 5.02 Å². The molecule has 1 unspecified atom stereocenters. The van der Waals surface area contributed by atoms with Gasteiger partial charge in [-0.2, -0.15) is 0 Å². The van der Waals surface area contributed by atoms with Gasteiger partial charge in [-0.3, -0.25) is 9.89 Å². The number of nitrogens with one attached hydrogen (secondary N) is 2. The Balaban J connectivity index is 0.00000420. The molecule has 1 aromatic rings. The van der Waals surface area contributed by atoms with Crippen LogP contribution in [-0.4, -0.2) is 70.0 Å². The minimum Gasteiger partial charge on any atom is -0.381 e. The number of likely N-dealkylation sites (N-methyl/N-ethyl adjacent to an activating group) is 1. The van der Waals surface area contributed by atoms with Crippen molar-refractivity contribution in [2.24, 2.45) is 4.99 Å². The number of aliphatic imine (C=N–C) groups is 1. The van der Waals surface area contributed by atoms with Crippen LogP contribution in [0.3, 0.4) is 0 Å². The lowest BCUT2D eigenvalue weighted by Crippen LogP contribution is -2.51. The first-order chi connectivity index (χ1) is 13.6. The minimum absolute atomic E-state index is 0. The highest BCUT2D eigenvalue weighted by atomic mass is 127. The van der Waals surface area contributed by atoms with Gasteiger partial charge in [-0.1, -0.05) is 43.6 Å². The van der Waals surface area contributed by atoms with Gasteiger partial charge < -0.3 is 20.1 Å². The Bertz CT molecular complexity index is 622. The van der Waals surface area contributed by atoms with Crippen LogP contribution in [-0.2, 0) is 9.47 Å². The van der Waals surface area contributed by atoms with Crippen molar-refractivity contribution in [2.75, 3.05) is 53.6 Å². The highest BCUT2D eigenvalue weighted by molar-refractivity contribution is 14.0. The summed E-state index contributed by atoms with van der Waals surface area (Å²) in [5, 5.41) is 7.71. The molecule has 0 amide bonds. The Morgan fingerprint density at radius 3 is 2.45 bits per heavy atom. The van der Waals surface area contributed by atoms with Crippen molar-refractivity contribution in [3.05, 3.63) is 34.9 Å². The summed E-state index contributed by atoms with van der Waals surface area (Å²) in [5.74, 6) is 0.770. The van der Waals surface area contributed by atoms with E-state index in [4.69, 9.17) is 21.1 Å². The van der Waals surface area contributed by atoms with Crippen molar-refractivity contribution in [1.82, 2.24) is 15.5 Å². The highest BCUT2D eigenvalue weighted by Crippen LogP contribution is 2.27. The van der Waals surface area contributed by atoms with Gasteiger partial charge in [-0.05, 0) is 24.7 Å². The van der Waals surface area contributed by atoms with Gasteiger partial charge in [0.15, 0.2) is 5.96 Å². The molecule has 29 heavy (non-hydrogen) atoms. The number of hydrogen-bond donors (Lipinski definition) is 2. The van der Waals surface area contributed by atoms with Crippen molar-refractivity contribution in [2.45, 2.75) is 38.3 Å². The lowest BCUT2D eigenvalue weighted by molar-refractivity contribution is -0.0855. The van der Waals surface area contributed by atoms with Gasteiger partial charge in [0.2, 0.25) is 0 Å². The highest BCUT2D eigenvalue weighted by Gasteiger charge is 2.32. The summed E-state index contributed by atoms with van der Waals surface area (Å²) in [5.41, 5.74) is 0.935. The Morgan fingerprint density at radius 1 is 1.24 bits per heavy atom. The summed E-state index contributed by atoms with van der Waals surface area (Å²) in [6.45, 7) is 9.14. The van der Waals surface area contributed by atoms with Gasteiger partial charge in [0.05, 0.1) is 11.6 Å². The number of halogens is 2. The Hall–Kier alpha value is -0.610. The van der Waals surface area contributed by atoms with Crippen LogP contribution in [0, 0.1) is 0 Å². The average Bonchev–Trinajstić information content (AvgIpc) is 2.74. The maximum Gasteiger partial charge on any atom is 0.191 e. The van der Waals surface area contributed by atoms with E-state index in [9.17, 15) is 0 Å². The molecule has 1 heterocycles. The number of nitrogens with zero attached hydrogens (tertiary/aromatic N) is 2.